The SMILES string of the molecule is COC(=O)c1ccc(-c2nn(Cc3ccccc3)c3c2CCc2cc4c(cc2-3)C(C)(C)CCC4(C)C)cc1. The first-order valence-electron chi connectivity index (χ1n) is 13.7. The van der Waals surface area contributed by atoms with Crippen LogP contribution in [-0.2, 0) is 35.0 Å². The van der Waals surface area contributed by atoms with Gasteiger partial charge in [0.15, 0.2) is 0 Å². The van der Waals surface area contributed by atoms with Crippen molar-refractivity contribution in [2.24, 2.45) is 0 Å². The highest BCUT2D eigenvalue weighted by Crippen LogP contribution is 2.49. The number of hydrogen-bond donors (Lipinski definition) is 0. The van der Waals surface area contributed by atoms with Gasteiger partial charge in [0, 0.05) is 16.7 Å². The number of nitrogens with zero attached hydrogens (tertiary/aromatic N) is 2. The molecule has 0 aliphatic heterocycles. The van der Waals surface area contributed by atoms with Crippen molar-refractivity contribution in [1.29, 1.82) is 0 Å². The van der Waals surface area contributed by atoms with Crippen LogP contribution in [0.5, 0.6) is 0 Å². The Kier molecular flexibility index (Phi) is 5.82. The van der Waals surface area contributed by atoms with Gasteiger partial charge in [-0.1, -0.05) is 76.2 Å². The van der Waals surface area contributed by atoms with Crippen LogP contribution in [0, 0.1) is 0 Å². The highest BCUT2D eigenvalue weighted by molar-refractivity contribution is 5.90. The minimum absolute atomic E-state index is 0.147. The van der Waals surface area contributed by atoms with Crippen LogP contribution >= 0.6 is 0 Å². The maximum atomic E-state index is 12.0. The summed E-state index contributed by atoms with van der Waals surface area (Å²) in [7, 11) is 1.41. The lowest BCUT2D eigenvalue weighted by atomic mass is 9.62. The average molecular weight is 505 g/mol. The van der Waals surface area contributed by atoms with E-state index in [2.05, 4.69) is 74.8 Å². The van der Waals surface area contributed by atoms with Gasteiger partial charge in [-0.15, -0.1) is 0 Å². The van der Waals surface area contributed by atoms with Crippen molar-refractivity contribution in [1.82, 2.24) is 9.78 Å². The number of fused-ring (bicyclic) bond motifs is 4. The molecular formula is C34H36N2O2. The number of hydrogen-bond acceptors (Lipinski definition) is 3. The monoisotopic (exact) mass is 504 g/mol. The molecule has 2 aliphatic carbocycles. The Morgan fingerprint density at radius 3 is 2.21 bits per heavy atom. The summed E-state index contributed by atoms with van der Waals surface area (Å²) < 4.78 is 7.11. The first kappa shape index (κ1) is 24.7. The lowest BCUT2D eigenvalue weighted by Gasteiger charge is -2.43. The van der Waals surface area contributed by atoms with Gasteiger partial charge in [0.25, 0.3) is 0 Å². The third-order valence-electron chi connectivity index (χ3n) is 8.78. The Morgan fingerprint density at radius 2 is 1.55 bits per heavy atom. The molecule has 0 saturated heterocycles. The fraction of sp³-hybridized carbons (Fsp3) is 0.353. The third kappa shape index (κ3) is 4.07. The summed E-state index contributed by atoms with van der Waals surface area (Å²) in [6.45, 7) is 10.3. The molecule has 4 heteroatoms. The molecule has 4 nitrogen and oxygen atoms in total. The van der Waals surface area contributed by atoms with Crippen LogP contribution in [-0.4, -0.2) is 22.9 Å². The van der Waals surface area contributed by atoms with Gasteiger partial charge in [-0.3, -0.25) is 4.68 Å². The molecule has 0 saturated carbocycles. The van der Waals surface area contributed by atoms with E-state index in [1.165, 1.54) is 59.0 Å². The molecule has 1 heterocycles. The minimum atomic E-state index is -0.322. The molecule has 38 heavy (non-hydrogen) atoms. The van der Waals surface area contributed by atoms with Crippen molar-refractivity contribution in [3.05, 3.63) is 100 Å². The molecule has 2 aliphatic rings. The number of ether oxygens (including phenoxy) is 1. The lowest BCUT2D eigenvalue weighted by molar-refractivity contribution is 0.0600. The maximum absolute atomic E-state index is 12.0. The average Bonchev–Trinajstić information content (AvgIpc) is 3.29. The van der Waals surface area contributed by atoms with E-state index in [-0.39, 0.29) is 16.8 Å². The summed E-state index contributed by atoms with van der Waals surface area (Å²) in [5, 5.41) is 5.23. The molecular weight excluding hydrogens is 468 g/mol. The van der Waals surface area contributed by atoms with E-state index < -0.39 is 0 Å². The van der Waals surface area contributed by atoms with E-state index >= 15 is 0 Å². The summed E-state index contributed by atoms with van der Waals surface area (Å²) in [5.74, 6) is -0.322. The fourth-order valence-corrected chi connectivity index (χ4v) is 6.37. The standard InChI is InChI=1S/C34H36N2O2/c1-33(2)17-18-34(3,4)29-20-27-25(19-28(29)33)15-16-26-30(23-11-13-24(14-12-23)32(37)38-5)35-36(31(26)27)21-22-9-7-6-8-10-22/h6-14,19-20H,15-18,21H2,1-5H3. The van der Waals surface area contributed by atoms with Crippen LogP contribution in [0.25, 0.3) is 22.5 Å². The van der Waals surface area contributed by atoms with Crippen LogP contribution in [0.4, 0.5) is 0 Å². The van der Waals surface area contributed by atoms with Crippen LogP contribution in [0.2, 0.25) is 0 Å². The van der Waals surface area contributed by atoms with Crippen molar-refractivity contribution in [2.45, 2.75) is 70.8 Å². The number of rotatable bonds is 4. The van der Waals surface area contributed by atoms with Crippen LogP contribution in [0.3, 0.4) is 0 Å². The summed E-state index contributed by atoms with van der Waals surface area (Å²) in [6, 6.07) is 23.2. The molecule has 0 radical (unpaired) electrons. The first-order chi connectivity index (χ1) is 18.2. The second-order valence-corrected chi connectivity index (χ2v) is 12.2. The molecule has 0 amide bonds. The first-order valence-corrected chi connectivity index (χ1v) is 13.7. The normalized spacial score (nSPS) is 16.8. The Labute approximate surface area is 225 Å². The number of aryl methyl sites for hydroxylation is 1. The Hall–Kier alpha value is -3.66. The largest absolute Gasteiger partial charge is 0.465 e. The van der Waals surface area contributed by atoms with Gasteiger partial charge in [-0.2, -0.15) is 5.10 Å². The minimum Gasteiger partial charge on any atom is -0.465 e. The topological polar surface area (TPSA) is 44.1 Å². The van der Waals surface area contributed by atoms with Crippen LogP contribution in [0.15, 0.2) is 66.7 Å². The molecule has 6 rings (SSSR count). The Balaban J connectivity index is 1.54. The van der Waals surface area contributed by atoms with Crippen molar-refractivity contribution < 1.29 is 9.53 Å². The lowest BCUT2D eigenvalue weighted by Crippen LogP contribution is -2.34. The molecule has 0 fully saturated rings. The zero-order valence-electron chi connectivity index (χ0n) is 23.1. The van der Waals surface area contributed by atoms with Crippen LogP contribution < -0.4 is 0 Å². The van der Waals surface area contributed by atoms with Crippen molar-refractivity contribution >= 4 is 5.97 Å². The van der Waals surface area contributed by atoms with E-state index in [4.69, 9.17) is 9.84 Å². The van der Waals surface area contributed by atoms with Crippen molar-refractivity contribution in [2.75, 3.05) is 7.11 Å². The van der Waals surface area contributed by atoms with Gasteiger partial charge < -0.3 is 4.74 Å². The predicted octanol–water partition coefficient (Wildman–Crippen LogP) is 7.50. The van der Waals surface area contributed by atoms with Gasteiger partial charge in [0.1, 0.15) is 0 Å². The summed E-state index contributed by atoms with van der Waals surface area (Å²) in [5.41, 5.74) is 12.5. The molecule has 0 atom stereocenters. The molecule has 1 aromatic heterocycles. The van der Waals surface area contributed by atoms with Gasteiger partial charge >= 0.3 is 5.97 Å². The van der Waals surface area contributed by atoms with Crippen molar-refractivity contribution in [3.63, 3.8) is 0 Å². The summed E-state index contributed by atoms with van der Waals surface area (Å²) in [6.07, 6.45) is 4.37. The highest BCUT2D eigenvalue weighted by Gasteiger charge is 2.39. The van der Waals surface area contributed by atoms with Gasteiger partial charge in [-0.05, 0) is 77.0 Å². The predicted molar refractivity (Wildman–Crippen MR) is 153 cm³/mol. The second-order valence-electron chi connectivity index (χ2n) is 12.2. The highest BCUT2D eigenvalue weighted by atomic mass is 16.5. The van der Waals surface area contributed by atoms with E-state index in [1.807, 2.05) is 24.3 Å². The van der Waals surface area contributed by atoms with E-state index in [9.17, 15) is 4.79 Å². The summed E-state index contributed by atoms with van der Waals surface area (Å²) >= 11 is 0. The number of carbonyl (C=O) groups is 1. The number of methoxy groups -OCH3 is 1. The Bertz CT molecular complexity index is 1530. The third-order valence-corrected chi connectivity index (χ3v) is 8.78. The molecule has 0 unspecified atom stereocenters. The quantitative estimate of drug-likeness (QED) is 0.270. The number of benzene rings is 3. The number of esters is 1. The molecule has 0 N–H and O–H groups in total. The smallest absolute Gasteiger partial charge is 0.337 e. The molecule has 4 aromatic rings. The van der Waals surface area contributed by atoms with Gasteiger partial charge in [0.2, 0.25) is 0 Å². The molecule has 3 aromatic carbocycles. The molecule has 0 bridgehead atoms. The fourth-order valence-electron chi connectivity index (χ4n) is 6.37. The van der Waals surface area contributed by atoms with Crippen molar-refractivity contribution in [3.8, 4) is 22.5 Å². The second kappa shape index (κ2) is 8.97. The molecule has 0 spiro atoms. The zero-order valence-corrected chi connectivity index (χ0v) is 23.1. The summed E-state index contributed by atoms with van der Waals surface area (Å²) in [4.78, 5) is 12.0. The van der Waals surface area contributed by atoms with Gasteiger partial charge in [0.05, 0.1) is 30.6 Å². The van der Waals surface area contributed by atoms with E-state index in [0.29, 0.717) is 5.56 Å². The van der Waals surface area contributed by atoms with Gasteiger partial charge in [-0.25, -0.2) is 4.79 Å². The zero-order chi connectivity index (χ0) is 26.7. The van der Waals surface area contributed by atoms with Crippen LogP contribution in [0.1, 0.15) is 78.7 Å². The Morgan fingerprint density at radius 1 is 0.895 bits per heavy atom. The maximum Gasteiger partial charge on any atom is 0.337 e. The van der Waals surface area contributed by atoms with E-state index in [0.717, 1.165) is 30.6 Å². The molecule has 194 valence electrons. The number of carbonyl (C=O) groups excluding carboxylic acids is 1. The van der Waals surface area contributed by atoms with E-state index in [1.54, 1.807) is 0 Å². The number of aromatic nitrogens is 2.